The summed E-state index contributed by atoms with van der Waals surface area (Å²) in [7, 11) is 4.01. The molecule has 1 unspecified atom stereocenters. The van der Waals surface area contributed by atoms with E-state index in [0.717, 1.165) is 41.2 Å². The van der Waals surface area contributed by atoms with Crippen LogP contribution >= 0.6 is 0 Å². The smallest absolute Gasteiger partial charge is 0.340 e. The third-order valence-corrected chi connectivity index (χ3v) is 9.28. The molecular formula is C40H38N2O3. The number of fused-ring (bicyclic) bond motifs is 6. The third kappa shape index (κ3) is 4.83. The molecule has 0 N–H and O–H groups in total. The molecule has 0 aliphatic carbocycles. The summed E-state index contributed by atoms with van der Waals surface area (Å²) < 4.78 is 13.1. The minimum atomic E-state index is -1.12. The minimum absolute atomic E-state index is 0.325. The lowest BCUT2D eigenvalue weighted by atomic mass is 9.77. The molecule has 5 nitrogen and oxygen atoms in total. The molecule has 2 heterocycles. The zero-order chi connectivity index (χ0) is 31.5. The van der Waals surface area contributed by atoms with Crippen LogP contribution in [0.3, 0.4) is 0 Å². The van der Waals surface area contributed by atoms with Crippen LogP contribution in [0.2, 0.25) is 0 Å². The molecule has 0 radical (unpaired) electrons. The van der Waals surface area contributed by atoms with Crippen molar-refractivity contribution in [2.45, 2.75) is 46.4 Å². The van der Waals surface area contributed by atoms with Crippen LogP contribution in [0.1, 0.15) is 60.4 Å². The van der Waals surface area contributed by atoms with Gasteiger partial charge in [-0.15, -0.1) is 0 Å². The number of ether oxygens (including phenoxy) is 2. The van der Waals surface area contributed by atoms with E-state index in [1.807, 2.05) is 61.5 Å². The molecule has 1 atom stereocenters. The van der Waals surface area contributed by atoms with E-state index in [-0.39, 0.29) is 5.97 Å². The predicted octanol–water partition coefficient (Wildman–Crippen LogP) is 8.76. The van der Waals surface area contributed by atoms with Crippen molar-refractivity contribution in [3.05, 3.63) is 153 Å². The maximum absolute atomic E-state index is 13.5. The molecule has 1 spiro atoms. The molecule has 7 rings (SSSR count). The van der Waals surface area contributed by atoms with Gasteiger partial charge in [0.05, 0.1) is 5.56 Å². The van der Waals surface area contributed by atoms with E-state index < -0.39 is 5.60 Å². The van der Waals surface area contributed by atoms with Gasteiger partial charge in [0.2, 0.25) is 0 Å². The summed E-state index contributed by atoms with van der Waals surface area (Å²) in [6, 6.07) is 33.5. The summed E-state index contributed by atoms with van der Waals surface area (Å²) in [6.45, 7) is 10.1. The Labute approximate surface area is 265 Å². The van der Waals surface area contributed by atoms with Crippen LogP contribution in [-0.2, 0) is 23.4 Å². The summed E-state index contributed by atoms with van der Waals surface area (Å²) in [5.74, 6) is 1.05. The van der Waals surface area contributed by atoms with Gasteiger partial charge in [-0.1, -0.05) is 65.7 Å². The molecule has 0 bridgehead atoms. The third-order valence-electron chi connectivity index (χ3n) is 9.28. The number of benzene rings is 5. The second-order valence-electron chi connectivity index (χ2n) is 12.7. The number of carbonyl (C=O) groups excluding carboxylic acids is 1. The first-order valence-corrected chi connectivity index (χ1v) is 15.5. The Morgan fingerprint density at radius 1 is 0.622 bits per heavy atom. The predicted molar refractivity (Wildman–Crippen MR) is 181 cm³/mol. The van der Waals surface area contributed by atoms with Crippen molar-refractivity contribution in [1.29, 1.82) is 0 Å². The maximum atomic E-state index is 13.5. The van der Waals surface area contributed by atoms with Gasteiger partial charge in [0.15, 0.2) is 5.60 Å². The Balaban J connectivity index is 1.41. The van der Waals surface area contributed by atoms with Crippen LogP contribution in [0.15, 0.2) is 97.1 Å². The fraction of sp³-hybridized carbons (Fsp3) is 0.225. The van der Waals surface area contributed by atoms with Crippen molar-refractivity contribution >= 4 is 17.3 Å². The van der Waals surface area contributed by atoms with Gasteiger partial charge in [-0.05, 0) is 86.3 Å². The van der Waals surface area contributed by atoms with Gasteiger partial charge >= 0.3 is 5.97 Å². The van der Waals surface area contributed by atoms with Crippen molar-refractivity contribution in [3.8, 4) is 11.5 Å². The van der Waals surface area contributed by atoms with Crippen LogP contribution < -0.4 is 14.5 Å². The number of hydrogen-bond donors (Lipinski definition) is 0. The highest BCUT2D eigenvalue weighted by Crippen LogP contribution is 2.57. The van der Waals surface area contributed by atoms with E-state index in [9.17, 15) is 4.79 Å². The van der Waals surface area contributed by atoms with Gasteiger partial charge in [-0.3, -0.25) is 0 Å². The number of rotatable bonds is 6. The molecule has 5 aromatic rings. The van der Waals surface area contributed by atoms with Gasteiger partial charge < -0.3 is 19.3 Å². The van der Waals surface area contributed by atoms with Crippen molar-refractivity contribution < 1.29 is 14.3 Å². The fourth-order valence-electron chi connectivity index (χ4n) is 6.82. The number of carbonyl (C=O) groups is 1. The lowest BCUT2D eigenvalue weighted by Gasteiger charge is -2.38. The van der Waals surface area contributed by atoms with E-state index in [1.165, 1.54) is 33.4 Å². The number of aryl methyl sites for hydroxylation is 4. The Hall–Kier alpha value is -5.03. The molecule has 0 amide bonds. The first-order chi connectivity index (χ1) is 21.6. The Kier molecular flexibility index (Phi) is 6.92. The number of hydrogen-bond acceptors (Lipinski definition) is 5. The van der Waals surface area contributed by atoms with Crippen molar-refractivity contribution in [2.75, 3.05) is 23.9 Å². The minimum Gasteiger partial charge on any atom is -0.456 e. The second kappa shape index (κ2) is 10.8. The number of anilines is 2. The molecule has 5 aromatic carbocycles. The average Bonchev–Trinajstić information content (AvgIpc) is 3.31. The molecule has 45 heavy (non-hydrogen) atoms. The first-order valence-electron chi connectivity index (χ1n) is 15.5. The van der Waals surface area contributed by atoms with Crippen LogP contribution in [0.4, 0.5) is 11.4 Å². The summed E-state index contributed by atoms with van der Waals surface area (Å²) >= 11 is 0. The van der Waals surface area contributed by atoms with Crippen LogP contribution in [0.25, 0.3) is 0 Å². The largest absolute Gasteiger partial charge is 0.456 e. The van der Waals surface area contributed by atoms with Crippen molar-refractivity contribution in [2.24, 2.45) is 0 Å². The molecule has 226 valence electrons. The topological polar surface area (TPSA) is 42.0 Å². The monoisotopic (exact) mass is 594 g/mol. The quantitative estimate of drug-likeness (QED) is 0.184. The van der Waals surface area contributed by atoms with Crippen molar-refractivity contribution in [3.63, 3.8) is 0 Å². The highest BCUT2D eigenvalue weighted by Gasteiger charge is 2.53. The lowest BCUT2D eigenvalue weighted by molar-refractivity contribution is 0.0224. The normalized spacial score (nSPS) is 16.0. The zero-order valence-electron chi connectivity index (χ0n) is 26.8. The van der Waals surface area contributed by atoms with Crippen molar-refractivity contribution in [1.82, 2.24) is 0 Å². The molecule has 0 saturated heterocycles. The van der Waals surface area contributed by atoms with E-state index in [2.05, 4.69) is 87.2 Å². The Bertz CT molecular complexity index is 1920. The molecule has 0 saturated carbocycles. The van der Waals surface area contributed by atoms with Gasteiger partial charge in [0.1, 0.15) is 11.5 Å². The standard InChI is InChI=1S/C40H38N2O3/c1-25-11-13-29(27(3)19-25)23-42(24-30-14-12-26(2)20-28(30)4)32-16-18-37-36(21-32)40(34-10-8-7-9-33(34)39(43)45-40)35-17-15-31(41(5)6)22-38(35)44-37/h7-22H,23-24H2,1-6H3. The SMILES string of the molecule is Cc1ccc(CN(Cc2ccc(C)cc2C)c2ccc3c(c2)C2(OC(=O)c4ccccc42)c2ccc(N(C)C)cc2O3)c(C)c1. The van der Waals surface area contributed by atoms with Gasteiger partial charge in [0, 0.05) is 61.3 Å². The maximum Gasteiger partial charge on any atom is 0.340 e. The Morgan fingerprint density at radius 3 is 1.91 bits per heavy atom. The summed E-state index contributed by atoms with van der Waals surface area (Å²) in [5.41, 5.74) is 11.6. The summed E-state index contributed by atoms with van der Waals surface area (Å²) in [5, 5.41) is 0. The molecule has 5 heteroatoms. The Morgan fingerprint density at radius 2 is 1.27 bits per heavy atom. The van der Waals surface area contributed by atoms with E-state index in [0.29, 0.717) is 17.1 Å². The lowest BCUT2D eigenvalue weighted by Crippen LogP contribution is -2.33. The van der Waals surface area contributed by atoms with Crippen LogP contribution in [0.5, 0.6) is 11.5 Å². The average molecular weight is 595 g/mol. The van der Waals surface area contributed by atoms with Crippen LogP contribution in [0, 0.1) is 27.7 Å². The molecule has 0 fully saturated rings. The zero-order valence-corrected chi connectivity index (χ0v) is 26.8. The first kappa shape index (κ1) is 28.7. The van der Waals surface area contributed by atoms with Crippen LogP contribution in [-0.4, -0.2) is 20.1 Å². The van der Waals surface area contributed by atoms with Gasteiger partial charge in [-0.2, -0.15) is 0 Å². The van der Waals surface area contributed by atoms with E-state index >= 15 is 0 Å². The van der Waals surface area contributed by atoms with E-state index in [4.69, 9.17) is 9.47 Å². The van der Waals surface area contributed by atoms with Gasteiger partial charge in [-0.25, -0.2) is 4.79 Å². The number of nitrogens with zero attached hydrogens (tertiary/aromatic N) is 2. The molecule has 2 aliphatic heterocycles. The summed E-state index contributed by atoms with van der Waals surface area (Å²) in [4.78, 5) is 17.9. The van der Waals surface area contributed by atoms with E-state index in [1.54, 1.807) is 0 Å². The molecule has 0 aromatic heterocycles. The summed E-state index contributed by atoms with van der Waals surface area (Å²) in [6.07, 6.45) is 0. The molecule has 2 aliphatic rings. The highest BCUT2D eigenvalue weighted by molar-refractivity contribution is 5.97. The second-order valence-corrected chi connectivity index (χ2v) is 12.7. The van der Waals surface area contributed by atoms with Gasteiger partial charge in [0.25, 0.3) is 0 Å². The highest BCUT2D eigenvalue weighted by atomic mass is 16.6. The fourth-order valence-corrected chi connectivity index (χ4v) is 6.82. The number of esters is 1. The molecular weight excluding hydrogens is 556 g/mol.